The summed E-state index contributed by atoms with van der Waals surface area (Å²) < 4.78 is 9.15. The van der Waals surface area contributed by atoms with Crippen LogP contribution in [0.4, 0.5) is 0 Å². The second kappa shape index (κ2) is 7.91. The van der Waals surface area contributed by atoms with Gasteiger partial charge in [0.05, 0.1) is 14.2 Å². The lowest BCUT2D eigenvalue weighted by Crippen LogP contribution is -2.04. The molecule has 4 heteroatoms. The van der Waals surface area contributed by atoms with Gasteiger partial charge in [0, 0.05) is 12.8 Å². The molecule has 0 fully saturated rings. The van der Waals surface area contributed by atoms with Gasteiger partial charge < -0.3 is 9.47 Å². The first-order valence-corrected chi connectivity index (χ1v) is 5.30. The molecule has 0 spiro atoms. The van der Waals surface area contributed by atoms with Crippen molar-refractivity contribution in [2.45, 2.75) is 39.5 Å². The first-order chi connectivity index (χ1) is 7.51. The largest absolute Gasteiger partial charge is 0.469 e. The second-order valence-corrected chi connectivity index (χ2v) is 3.76. The van der Waals surface area contributed by atoms with E-state index in [1.807, 2.05) is 13.8 Å². The van der Waals surface area contributed by atoms with Crippen molar-refractivity contribution in [1.29, 1.82) is 0 Å². The van der Waals surface area contributed by atoms with Crippen LogP contribution in [0.3, 0.4) is 0 Å². The van der Waals surface area contributed by atoms with Gasteiger partial charge in [-0.15, -0.1) is 0 Å². The van der Waals surface area contributed by atoms with Gasteiger partial charge in [-0.3, -0.25) is 9.59 Å². The van der Waals surface area contributed by atoms with E-state index in [1.165, 1.54) is 14.2 Å². The van der Waals surface area contributed by atoms with Gasteiger partial charge in [-0.05, 0) is 26.7 Å². The predicted molar refractivity (Wildman–Crippen MR) is 60.9 cm³/mol. The van der Waals surface area contributed by atoms with Crippen molar-refractivity contribution in [3.8, 4) is 0 Å². The van der Waals surface area contributed by atoms with Crippen molar-refractivity contribution in [3.05, 3.63) is 11.1 Å². The molecule has 0 heterocycles. The molecule has 0 rings (SSSR count). The van der Waals surface area contributed by atoms with Crippen LogP contribution in [0.1, 0.15) is 39.5 Å². The van der Waals surface area contributed by atoms with E-state index >= 15 is 0 Å². The Hall–Kier alpha value is -1.32. The highest BCUT2D eigenvalue weighted by Crippen LogP contribution is 2.17. The zero-order valence-electron chi connectivity index (χ0n) is 10.5. The first kappa shape index (κ1) is 14.7. The van der Waals surface area contributed by atoms with Gasteiger partial charge in [0.1, 0.15) is 0 Å². The van der Waals surface area contributed by atoms with E-state index in [0.717, 1.165) is 11.1 Å². The SMILES string of the molecule is COC(=O)CCC(CCC(=O)OC)=C(C)C. The summed E-state index contributed by atoms with van der Waals surface area (Å²) in [6.45, 7) is 3.95. The van der Waals surface area contributed by atoms with E-state index in [2.05, 4.69) is 9.47 Å². The van der Waals surface area contributed by atoms with Gasteiger partial charge in [-0.2, -0.15) is 0 Å². The molecule has 0 aliphatic rings. The van der Waals surface area contributed by atoms with Gasteiger partial charge in [0.25, 0.3) is 0 Å². The summed E-state index contributed by atoms with van der Waals surface area (Å²) in [6.07, 6.45) is 2.01. The van der Waals surface area contributed by atoms with Gasteiger partial charge in [-0.1, -0.05) is 11.1 Å². The highest BCUT2D eigenvalue weighted by Gasteiger charge is 2.08. The van der Waals surface area contributed by atoms with Crippen molar-refractivity contribution in [1.82, 2.24) is 0 Å². The molecular formula is C12H20O4. The maximum atomic E-state index is 11.0. The van der Waals surface area contributed by atoms with Crippen LogP contribution < -0.4 is 0 Å². The van der Waals surface area contributed by atoms with Crippen LogP contribution in [0, 0.1) is 0 Å². The number of allylic oxidation sites excluding steroid dienone is 2. The average molecular weight is 228 g/mol. The van der Waals surface area contributed by atoms with E-state index in [-0.39, 0.29) is 11.9 Å². The lowest BCUT2D eigenvalue weighted by Gasteiger charge is -2.08. The fourth-order valence-corrected chi connectivity index (χ4v) is 1.34. The lowest BCUT2D eigenvalue weighted by atomic mass is 10.0. The Kier molecular flexibility index (Phi) is 7.25. The molecule has 0 bridgehead atoms. The van der Waals surface area contributed by atoms with Gasteiger partial charge in [0.2, 0.25) is 0 Å². The first-order valence-electron chi connectivity index (χ1n) is 5.30. The summed E-state index contributed by atoms with van der Waals surface area (Å²) in [4.78, 5) is 22.0. The highest BCUT2D eigenvalue weighted by molar-refractivity contribution is 5.70. The zero-order chi connectivity index (χ0) is 12.6. The molecule has 16 heavy (non-hydrogen) atoms. The van der Waals surface area contributed by atoms with Crippen LogP contribution in [0.15, 0.2) is 11.1 Å². The third-order valence-corrected chi connectivity index (χ3v) is 2.42. The van der Waals surface area contributed by atoms with Crippen molar-refractivity contribution >= 4 is 11.9 Å². The van der Waals surface area contributed by atoms with Crippen LogP contribution in [0.5, 0.6) is 0 Å². The maximum absolute atomic E-state index is 11.0. The number of hydrogen-bond donors (Lipinski definition) is 0. The molecule has 0 aliphatic heterocycles. The Balaban J connectivity index is 4.16. The molecule has 0 saturated heterocycles. The van der Waals surface area contributed by atoms with Crippen LogP contribution in [0.25, 0.3) is 0 Å². The lowest BCUT2D eigenvalue weighted by molar-refractivity contribution is -0.141. The van der Waals surface area contributed by atoms with Crippen molar-refractivity contribution < 1.29 is 19.1 Å². The predicted octanol–water partition coefficient (Wildman–Crippen LogP) is 2.23. The normalized spacial score (nSPS) is 9.50. The summed E-state index contributed by atoms with van der Waals surface area (Å²) >= 11 is 0. The summed E-state index contributed by atoms with van der Waals surface area (Å²) in [7, 11) is 2.75. The second-order valence-electron chi connectivity index (χ2n) is 3.76. The number of carbonyl (C=O) groups is 2. The van der Waals surface area contributed by atoms with Gasteiger partial charge >= 0.3 is 11.9 Å². The smallest absolute Gasteiger partial charge is 0.305 e. The molecular weight excluding hydrogens is 208 g/mol. The number of rotatable bonds is 6. The van der Waals surface area contributed by atoms with Crippen LogP contribution >= 0.6 is 0 Å². The third-order valence-electron chi connectivity index (χ3n) is 2.42. The topological polar surface area (TPSA) is 52.6 Å². The molecule has 0 aromatic heterocycles. The fraction of sp³-hybridized carbons (Fsp3) is 0.667. The summed E-state index contributed by atoms with van der Waals surface area (Å²) in [5, 5.41) is 0. The molecule has 0 aromatic rings. The van der Waals surface area contributed by atoms with Crippen LogP contribution in [-0.4, -0.2) is 26.2 Å². The summed E-state index contributed by atoms with van der Waals surface area (Å²) in [5.41, 5.74) is 2.27. The quantitative estimate of drug-likeness (QED) is 0.516. The van der Waals surface area contributed by atoms with Crippen LogP contribution in [0.2, 0.25) is 0 Å². The number of methoxy groups -OCH3 is 2. The molecule has 0 atom stereocenters. The van der Waals surface area contributed by atoms with Crippen LogP contribution in [-0.2, 0) is 19.1 Å². The Morgan fingerprint density at radius 2 is 1.19 bits per heavy atom. The van der Waals surface area contributed by atoms with Crippen molar-refractivity contribution in [3.63, 3.8) is 0 Å². The minimum atomic E-state index is -0.225. The van der Waals surface area contributed by atoms with E-state index in [4.69, 9.17) is 0 Å². The van der Waals surface area contributed by atoms with Crippen molar-refractivity contribution in [2.75, 3.05) is 14.2 Å². The fourth-order valence-electron chi connectivity index (χ4n) is 1.34. The zero-order valence-corrected chi connectivity index (χ0v) is 10.5. The minimum absolute atomic E-state index is 0.225. The third kappa shape index (κ3) is 6.22. The molecule has 0 radical (unpaired) electrons. The van der Waals surface area contributed by atoms with E-state index in [9.17, 15) is 9.59 Å². The highest BCUT2D eigenvalue weighted by atomic mass is 16.5. The molecule has 0 amide bonds. The number of esters is 2. The number of ether oxygens (including phenoxy) is 2. The molecule has 0 aromatic carbocycles. The Morgan fingerprint density at radius 1 is 0.812 bits per heavy atom. The summed E-state index contributed by atoms with van der Waals surface area (Å²) in [6, 6.07) is 0. The number of carbonyl (C=O) groups excluding carboxylic acids is 2. The van der Waals surface area contributed by atoms with Gasteiger partial charge in [-0.25, -0.2) is 0 Å². The Morgan fingerprint density at radius 3 is 1.44 bits per heavy atom. The maximum Gasteiger partial charge on any atom is 0.305 e. The molecule has 0 unspecified atom stereocenters. The standard InChI is InChI=1S/C12H20O4/c1-9(2)10(5-7-11(13)15-3)6-8-12(14)16-4/h5-8H2,1-4H3. The Bertz CT molecular complexity index is 253. The monoisotopic (exact) mass is 228 g/mol. The molecule has 4 nitrogen and oxygen atoms in total. The van der Waals surface area contributed by atoms with Gasteiger partial charge in [0.15, 0.2) is 0 Å². The van der Waals surface area contributed by atoms with E-state index in [0.29, 0.717) is 25.7 Å². The molecule has 92 valence electrons. The molecule has 0 N–H and O–H groups in total. The average Bonchev–Trinajstić information content (AvgIpc) is 2.27. The van der Waals surface area contributed by atoms with E-state index < -0.39 is 0 Å². The molecule has 0 aliphatic carbocycles. The molecule has 0 saturated carbocycles. The van der Waals surface area contributed by atoms with Crippen molar-refractivity contribution in [2.24, 2.45) is 0 Å². The Labute approximate surface area is 96.6 Å². The minimum Gasteiger partial charge on any atom is -0.469 e. The summed E-state index contributed by atoms with van der Waals surface area (Å²) in [5.74, 6) is -0.450. The number of hydrogen-bond acceptors (Lipinski definition) is 4. The van der Waals surface area contributed by atoms with E-state index in [1.54, 1.807) is 0 Å².